The summed E-state index contributed by atoms with van der Waals surface area (Å²) in [5, 5.41) is 0. The zero-order chi connectivity index (χ0) is 8.10. The molecule has 0 amide bonds. The van der Waals surface area contributed by atoms with Gasteiger partial charge in [-0.2, -0.15) is 0 Å². The molecule has 11 heavy (non-hydrogen) atoms. The zero-order valence-corrected chi connectivity index (χ0v) is 6.63. The van der Waals surface area contributed by atoms with Crippen LogP contribution in [0.5, 0.6) is 5.75 Å². The summed E-state index contributed by atoms with van der Waals surface area (Å²) in [4.78, 5) is 4.03. The van der Waals surface area contributed by atoms with E-state index in [0.29, 0.717) is 12.4 Å². The van der Waals surface area contributed by atoms with Crippen LogP contribution >= 0.6 is 0 Å². The van der Waals surface area contributed by atoms with Crippen LogP contribution in [0, 0.1) is 6.07 Å². The number of pyridine rings is 1. The Morgan fingerprint density at radius 1 is 1.55 bits per heavy atom. The highest BCUT2D eigenvalue weighted by Gasteiger charge is 2.00. The zero-order valence-electron chi connectivity index (χ0n) is 6.63. The molecule has 0 fully saturated rings. The summed E-state index contributed by atoms with van der Waals surface area (Å²) in [5.41, 5.74) is 0.800. The van der Waals surface area contributed by atoms with Crippen LogP contribution < -0.4 is 4.74 Å². The van der Waals surface area contributed by atoms with E-state index in [-0.39, 0.29) is 0 Å². The Morgan fingerprint density at radius 2 is 2.36 bits per heavy atom. The van der Waals surface area contributed by atoms with Crippen molar-refractivity contribution in [3.63, 3.8) is 0 Å². The molecular weight excluding hydrogens is 142 g/mol. The Kier molecular flexibility index (Phi) is 2.86. The first kappa shape index (κ1) is 8.01. The molecule has 1 aromatic heterocycles. The molecule has 0 bridgehead atoms. The molecule has 0 saturated heterocycles. The average Bonchev–Trinajstić information content (AvgIpc) is 2.06. The van der Waals surface area contributed by atoms with E-state index in [0.717, 1.165) is 5.69 Å². The van der Waals surface area contributed by atoms with Crippen molar-refractivity contribution >= 4 is 0 Å². The second-order valence-corrected chi connectivity index (χ2v) is 2.02. The van der Waals surface area contributed by atoms with E-state index < -0.39 is 0 Å². The predicted octanol–water partition coefficient (Wildman–Crippen LogP) is 1.04. The minimum absolute atomic E-state index is 0.470. The van der Waals surface area contributed by atoms with Crippen molar-refractivity contribution in [1.29, 1.82) is 0 Å². The lowest BCUT2D eigenvalue weighted by atomic mass is 10.3. The summed E-state index contributed by atoms with van der Waals surface area (Å²) >= 11 is 0. The average molecular weight is 152 g/mol. The summed E-state index contributed by atoms with van der Waals surface area (Å²) < 4.78 is 9.94. The number of hydrogen-bond acceptors (Lipinski definition) is 3. The molecule has 0 saturated carbocycles. The third kappa shape index (κ3) is 1.91. The SMILES string of the molecule is COCc1nc[c]cc1OC. The van der Waals surface area contributed by atoms with Gasteiger partial charge in [0.05, 0.1) is 13.7 Å². The number of rotatable bonds is 3. The molecule has 0 aliphatic heterocycles. The third-order valence-electron chi connectivity index (χ3n) is 1.29. The number of ether oxygens (including phenoxy) is 2. The molecule has 1 aromatic rings. The highest BCUT2D eigenvalue weighted by Crippen LogP contribution is 2.14. The molecule has 1 rings (SSSR count). The van der Waals surface area contributed by atoms with Gasteiger partial charge in [0.1, 0.15) is 11.4 Å². The maximum absolute atomic E-state index is 5.02. The fourth-order valence-corrected chi connectivity index (χ4v) is 0.797. The van der Waals surface area contributed by atoms with Crippen molar-refractivity contribution in [1.82, 2.24) is 4.98 Å². The van der Waals surface area contributed by atoms with Gasteiger partial charge >= 0.3 is 0 Å². The summed E-state index contributed by atoms with van der Waals surface area (Å²) in [6.45, 7) is 0.470. The monoisotopic (exact) mass is 152 g/mol. The third-order valence-corrected chi connectivity index (χ3v) is 1.29. The van der Waals surface area contributed by atoms with Crippen LogP contribution in [0.15, 0.2) is 12.3 Å². The highest BCUT2D eigenvalue weighted by atomic mass is 16.5. The van der Waals surface area contributed by atoms with Gasteiger partial charge in [-0.05, 0) is 6.07 Å². The molecule has 1 heterocycles. The van der Waals surface area contributed by atoms with Gasteiger partial charge in [0, 0.05) is 19.4 Å². The molecule has 0 spiro atoms. The molecule has 0 unspecified atom stereocenters. The summed E-state index contributed by atoms with van der Waals surface area (Å²) in [6.07, 6.45) is 1.59. The van der Waals surface area contributed by atoms with Crippen molar-refractivity contribution in [2.24, 2.45) is 0 Å². The van der Waals surface area contributed by atoms with E-state index in [1.54, 1.807) is 26.5 Å². The van der Waals surface area contributed by atoms with Gasteiger partial charge in [-0.25, -0.2) is 0 Å². The summed E-state index contributed by atoms with van der Waals surface area (Å²) in [7, 11) is 3.22. The molecule has 0 aromatic carbocycles. The Bertz CT molecular complexity index is 225. The molecule has 59 valence electrons. The lowest BCUT2D eigenvalue weighted by molar-refractivity contribution is 0.178. The lowest BCUT2D eigenvalue weighted by Gasteiger charge is -2.04. The Morgan fingerprint density at radius 3 is 3.00 bits per heavy atom. The fourth-order valence-electron chi connectivity index (χ4n) is 0.797. The van der Waals surface area contributed by atoms with Crippen molar-refractivity contribution in [3.8, 4) is 5.75 Å². The first-order chi connectivity index (χ1) is 5.38. The van der Waals surface area contributed by atoms with E-state index in [2.05, 4.69) is 11.1 Å². The highest BCUT2D eigenvalue weighted by molar-refractivity contribution is 5.25. The molecule has 3 nitrogen and oxygen atoms in total. The van der Waals surface area contributed by atoms with Crippen LogP contribution in [0.4, 0.5) is 0 Å². The minimum atomic E-state index is 0.470. The van der Waals surface area contributed by atoms with E-state index in [4.69, 9.17) is 9.47 Å². The Hall–Kier alpha value is -1.09. The molecule has 1 radical (unpaired) electrons. The summed E-state index contributed by atoms with van der Waals surface area (Å²) in [6, 6.07) is 4.56. The standard InChI is InChI=1S/C8H10NO2/c1-10-6-7-8(11-2)4-3-5-9-7/h4-5H,6H2,1-2H3. The smallest absolute Gasteiger partial charge is 0.143 e. The topological polar surface area (TPSA) is 31.4 Å². The van der Waals surface area contributed by atoms with Gasteiger partial charge < -0.3 is 9.47 Å². The van der Waals surface area contributed by atoms with Gasteiger partial charge in [-0.3, -0.25) is 4.98 Å². The molecule has 0 atom stereocenters. The lowest BCUT2D eigenvalue weighted by Crippen LogP contribution is -1.96. The van der Waals surface area contributed by atoms with Gasteiger partial charge in [-0.15, -0.1) is 0 Å². The van der Waals surface area contributed by atoms with Gasteiger partial charge in [-0.1, -0.05) is 0 Å². The van der Waals surface area contributed by atoms with Crippen LogP contribution in [0.3, 0.4) is 0 Å². The first-order valence-corrected chi connectivity index (χ1v) is 3.26. The largest absolute Gasteiger partial charge is 0.495 e. The van der Waals surface area contributed by atoms with Crippen LogP contribution in [0.2, 0.25) is 0 Å². The van der Waals surface area contributed by atoms with Crippen LogP contribution in [0.1, 0.15) is 5.69 Å². The van der Waals surface area contributed by atoms with E-state index in [9.17, 15) is 0 Å². The van der Waals surface area contributed by atoms with Crippen LogP contribution in [0.25, 0.3) is 0 Å². The van der Waals surface area contributed by atoms with Crippen molar-refractivity contribution in [2.45, 2.75) is 6.61 Å². The number of nitrogens with zero attached hydrogens (tertiary/aromatic N) is 1. The Balaban J connectivity index is 2.83. The van der Waals surface area contributed by atoms with E-state index in [1.165, 1.54) is 0 Å². The predicted molar refractivity (Wildman–Crippen MR) is 40.3 cm³/mol. The molecule has 0 N–H and O–H groups in total. The first-order valence-electron chi connectivity index (χ1n) is 3.26. The molecular formula is C8H10NO2. The quantitative estimate of drug-likeness (QED) is 0.648. The Labute approximate surface area is 66.0 Å². The van der Waals surface area contributed by atoms with Crippen molar-refractivity contribution in [2.75, 3.05) is 14.2 Å². The number of hydrogen-bond donors (Lipinski definition) is 0. The van der Waals surface area contributed by atoms with Gasteiger partial charge in [0.25, 0.3) is 0 Å². The normalized spacial score (nSPS) is 9.64. The van der Waals surface area contributed by atoms with E-state index >= 15 is 0 Å². The van der Waals surface area contributed by atoms with Gasteiger partial charge in [0.15, 0.2) is 0 Å². The van der Waals surface area contributed by atoms with Crippen LogP contribution in [-0.2, 0) is 11.3 Å². The second kappa shape index (κ2) is 3.93. The maximum Gasteiger partial charge on any atom is 0.143 e. The summed E-state index contributed by atoms with van der Waals surface area (Å²) in [5.74, 6) is 0.717. The maximum atomic E-state index is 5.02. The van der Waals surface area contributed by atoms with E-state index in [1.807, 2.05) is 0 Å². The van der Waals surface area contributed by atoms with Crippen molar-refractivity contribution in [3.05, 3.63) is 24.0 Å². The molecule has 3 heteroatoms. The van der Waals surface area contributed by atoms with Crippen LogP contribution in [-0.4, -0.2) is 19.2 Å². The second-order valence-electron chi connectivity index (χ2n) is 2.02. The van der Waals surface area contributed by atoms with Gasteiger partial charge in [0.2, 0.25) is 0 Å². The molecule has 0 aliphatic carbocycles. The number of aromatic nitrogens is 1. The fraction of sp³-hybridized carbons (Fsp3) is 0.375. The number of methoxy groups -OCH3 is 2. The minimum Gasteiger partial charge on any atom is -0.495 e. The molecule has 0 aliphatic rings. The van der Waals surface area contributed by atoms with Crippen molar-refractivity contribution < 1.29 is 9.47 Å².